The van der Waals surface area contributed by atoms with E-state index in [2.05, 4.69) is 24.0 Å². The number of hydrogen-bond donors (Lipinski definition) is 1. The number of rotatable bonds is 7. The molecule has 2 heterocycles. The van der Waals surface area contributed by atoms with Crippen molar-refractivity contribution in [2.24, 2.45) is 5.92 Å². The Balaban J connectivity index is 1.62. The summed E-state index contributed by atoms with van der Waals surface area (Å²) in [5, 5.41) is 0. The topological polar surface area (TPSA) is 86.8 Å². The zero-order valence-electron chi connectivity index (χ0n) is 17.7. The summed E-state index contributed by atoms with van der Waals surface area (Å²) in [6, 6.07) is 8.06. The van der Waals surface area contributed by atoms with Gasteiger partial charge in [-0.2, -0.15) is 0 Å². The number of thioether (sulfide) groups is 1. The lowest BCUT2D eigenvalue weighted by molar-refractivity contribution is -0.127. The molecule has 1 N–H and O–H groups in total. The SMILES string of the molecule is CCCC1CCN(c2ccc(/C=C3\SC(=S)N(CC(=O)NS(C)(=O)=O)C3=O)cc2)CC1. The Morgan fingerprint density at radius 3 is 2.48 bits per heavy atom. The predicted octanol–water partition coefficient (Wildman–Crippen LogP) is 2.98. The zero-order valence-corrected chi connectivity index (χ0v) is 20.1. The quantitative estimate of drug-likeness (QED) is 0.473. The van der Waals surface area contributed by atoms with Crippen LogP contribution in [0.25, 0.3) is 6.08 Å². The average molecular weight is 482 g/mol. The van der Waals surface area contributed by atoms with Crippen LogP contribution >= 0.6 is 24.0 Å². The fraction of sp³-hybridized carbons (Fsp3) is 0.476. The van der Waals surface area contributed by atoms with Crippen molar-refractivity contribution in [3.63, 3.8) is 0 Å². The van der Waals surface area contributed by atoms with Crippen LogP contribution < -0.4 is 9.62 Å². The molecule has 2 amide bonds. The van der Waals surface area contributed by atoms with Crippen LogP contribution in [0.15, 0.2) is 29.2 Å². The largest absolute Gasteiger partial charge is 0.372 e. The highest BCUT2D eigenvalue weighted by atomic mass is 32.2. The Morgan fingerprint density at radius 2 is 1.90 bits per heavy atom. The van der Waals surface area contributed by atoms with Crippen LogP contribution in [0.4, 0.5) is 5.69 Å². The van der Waals surface area contributed by atoms with E-state index in [1.165, 1.54) is 31.4 Å². The summed E-state index contributed by atoms with van der Waals surface area (Å²) in [6.45, 7) is 3.95. The maximum absolute atomic E-state index is 12.6. The number of sulfonamides is 1. The van der Waals surface area contributed by atoms with Crippen LogP contribution in [0, 0.1) is 5.92 Å². The molecule has 7 nitrogen and oxygen atoms in total. The summed E-state index contributed by atoms with van der Waals surface area (Å²) in [5.41, 5.74) is 2.04. The van der Waals surface area contributed by atoms with Crippen LogP contribution in [0.5, 0.6) is 0 Å². The van der Waals surface area contributed by atoms with Gasteiger partial charge in [0.05, 0.1) is 11.2 Å². The predicted molar refractivity (Wildman–Crippen MR) is 129 cm³/mol. The van der Waals surface area contributed by atoms with Gasteiger partial charge in [-0.1, -0.05) is 55.9 Å². The maximum Gasteiger partial charge on any atom is 0.266 e. The number of piperidine rings is 1. The minimum Gasteiger partial charge on any atom is -0.372 e. The van der Waals surface area contributed by atoms with Gasteiger partial charge in [-0.25, -0.2) is 8.42 Å². The molecule has 2 fully saturated rings. The van der Waals surface area contributed by atoms with Crippen molar-refractivity contribution in [1.82, 2.24) is 9.62 Å². The zero-order chi connectivity index (χ0) is 22.6. The third-order valence-electron chi connectivity index (χ3n) is 5.34. The Labute approximate surface area is 193 Å². The van der Waals surface area contributed by atoms with Gasteiger partial charge in [-0.3, -0.25) is 19.2 Å². The fourth-order valence-electron chi connectivity index (χ4n) is 3.84. The number of benzene rings is 1. The first-order valence-electron chi connectivity index (χ1n) is 10.3. The molecule has 0 radical (unpaired) electrons. The van der Waals surface area contributed by atoms with E-state index in [0.717, 1.165) is 47.5 Å². The maximum atomic E-state index is 12.6. The standard InChI is InChI=1S/C21H27N3O4S3/c1-3-4-15-9-11-23(12-10-15)17-7-5-16(6-8-17)13-18-20(26)24(21(29)30-18)14-19(25)22-31(2,27)28/h5-8,13,15H,3-4,9-12,14H2,1-2H3,(H,22,25)/b18-13-. The number of thiocarbonyl (C=S) groups is 1. The summed E-state index contributed by atoms with van der Waals surface area (Å²) in [4.78, 5) is 28.4. The van der Waals surface area contributed by atoms with Gasteiger partial charge in [-0.15, -0.1) is 0 Å². The van der Waals surface area contributed by atoms with Crippen LogP contribution in [0.3, 0.4) is 0 Å². The molecule has 2 aliphatic rings. The van der Waals surface area contributed by atoms with E-state index in [-0.39, 0.29) is 4.32 Å². The number of amides is 2. The second kappa shape index (κ2) is 10.1. The third kappa shape index (κ3) is 6.54. The van der Waals surface area contributed by atoms with E-state index in [0.29, 0.717) is 4.91 Å². The number of nitrogens with one attached hydrogen (secondary N) is 1. The summed E-state index contributed by atoms with van der Waals surface area (Å²) in [5.74, 6) is -0.366. The lowest BCUT2D eigenvalue weighted by atomic mass is 9.92. The number of carbonyl (C=O) groups is 2. The minimum absolute atomic E-state index is 0.228. The summed E-state index contributed by atoms with van der Waals surface area (Å²) in [6.07, 6.45) is 7.63. The highest BCUT2D eigenvalue weighted by Crippen LogP contribution is 2.33. The molecule has 1 aromatic rings. The summed E-state index contributed by atoms with van der Waals surface area (Å²) < 4.78 is 24.4. The second-order valence-electron chi connectivity index (χ2n) is 7.88. The lowest BCUT2D eigenvalue weighted by Gasteiger charge is -2.33. The first-order chi connectivity index (χ1) is 14.7. The molecule has 0 spiro atoms. The number of nitrogens with zero attached hydrogens (tertiary/aromatic N) is 2. The molecule has 168 valence electrons. The van der Waals surface area contributed by atoms with Crippen LogP contribution in [0.1, 0.15) is 38.2 Å². The minimum atomic E-state index is -3.69. The van der Waals surface area contributed by atoms with Crippen LogP contribution in [0.2, 0.25) is 0 Å². The molecule has 0 unspecified atom stereocenters. The average Bonchev–Trinajstić information content (AvgIpc) is 2.95. The van der Waals surface area contributed by atoms with Crippen LogP contribution in [-0.4, -0.2) is 55.3 Å². The van der Waals surface area contributed by atoms with E-state index < -0.39 is 28.4 Å². The third-order valence-corrected chi connectivity index (χ3v) is 7.32. The molecular weight excluding hydrogens is 454 g/mol. The molecular formula is C21H27N3O4S3. The number of hydrogen-bond acceptors (Lipinski definition) is 7. The van der Waals surface area contributed by atoms with Crippen molar-refractivity contribution < 1.29 is 18.0 Å². The molecule has 0 bridgehead atoms. The molecule has 10 heteroatoms. The van der Waals surface area contributed by atoms with Gasteiger partial charge >= 0.3 is 0 Å². The van der Waals surface area contributed by atoms with E-state index in [9.17, 15) is 18.0 Å². The summed E-state index contributed by atoms with van der Waals surface area (Å²) in [7, 11) is -3.69. The van der Waals surface area contributed by atoms with Crippen molar-refractivity contribution in [1.29, 1.82) is 0 Å². The first kappa shape index (κ1) is 23.7. The van der Waals surface area contributed by atoms with Crippen molar-refractivity contribution in [3.05, 3.63) is 34.7 Å². The van der Waals surface area contributed by atoms with Gasteiger partial charge in [0.1, 0.15) is 10.9 Å². The first-order valence-corrected chi connectivity index (χ1v) is 13.4. The number of carbonyl (C=O) groups excluding carboxylic acids is 2. The van der Waals surface area contributed by atoms with E-state index in [4.69, 9.17) is 12.2 Å². The van der Waals surface area contributed by atoms with Crippen molar-refractivity contribution in [2.75, 3.05) is 30.8 Å². The molecule has 0 aromatic heterocycles. The van der Waals surface area contributed by atoms with Gasteiger partial charge in [-0.05, 0) is 42.5 Å². The Kier molecular flexibility index (Phi) is 7.77. The molecule has 0 aliphatic carbocycles. The van der Waals surface area contributed by atoms with Gasteiger partial charge < -0.3 is 4.90 Å². The van der Waals surface area contributed by atoms with Gasteiger partial charge in [0.2, 0.25) is 10.0 Å². The van der Waals surface area contributed by atoms with Crippen molar-refractivity contribution in [2.45, 2.75) is 32.6 Å². The molecule has 1 aromatic carbocycles. The highest BCUT2D eigenvalue weighted by molar-refractivity contribution is 8.26. The monoisotopic (exact) mass is 481 g/mol. The molecule has 0 saturated carbocycles. The molecule has 0 atom stereocenters. The Bertz CT molecular complexity index is 982. The smallest absolute Gasteiger partial charge is 0.266 e. The second-order valence-corrected chi connectivity index (χ2v) is 11.3. The van der Waals surface area contributed by atoms with E-state index >= 15 is 0 Å². The van der Waals surface area contributed by atoms with Crippen molar-refractivity contribution >= 4 is 61.9 Å². The van der Waals surface area contributed by atoms with Crippen LogP contribution in [-0.2, 0) is 19.6 Å². The van der Waals surface area contributed by atoms with Gasteiger partial charge in [0, 0.05) is 18.8 Å². The Morgan fingerprint density at radius 1 is 1.26 bits per heavy atom. The van der Waals surface area contributed by atoms with Gasteiger partial charge in [0.25, 0.3) is 11.8 Å². The summed E-state index contributed by atoms with van der Waals surface area (Å²) >= 11 is 6.30. The molecule has 31 heavy (non-hydrogen) atoms. The molecule has 2 aliphatic heterocycles. The molecule has 3 rings (SSSR count). The van der Waals surface area contributed by atoms with E-state index in [1.807, 2.05) is 16.9 Å². The number of anilines is 1. The van der Waals surface area contributed by atoms with Crippen molar-refractivity contribution in [3.8, 4) is 0 Å². The molecule has 2 saturated heterocycles. The normalized spacial score (nSPS) is 19.4. The fourth-order valence-corrected chi connectivity index (χ4v) is 5.57. The van der Waals surface area contributed by atoms with E-state index in [1.54, 1.807) is 6.08 Å². The van der Waals surface area contributed by atoms with Gasteiger partial charge in [0.15, 0.2) is 0 Å². The highest BCUT2D eigenvalue weighted by Gasteiger charge is 2.33. The lowest BCUT2D eigenvalue weighted by Crippen LogP contribution is -2.41. The Hall–Kier alpha value is -1.91.